The predicted molar refractivity (Wildman–Crippen MR) is 88.2 cm³/mol. The number of nitrogens with zero attached hydrogens (tertiary/aromatic N) is 1. The van der Waals surface area contributed by atoms with E-state index in [1.807, 2.05) is 0 Å². The summed E-state index contributed by atoms with van der Waals surface area (Å²) in [6, 6.07) is 0. The molecule has 1 aromatic heterocycles. The zero-order chi connectivity index (χ0) is 19.6. The standard InChI is InChI=1S/C11H13N2O7P.2CH4O/c1-2-7-5-13(11(15)12-10(7)14)9-4-3-8(20-9)6-19-21(16,17)18;2*1-2/h1,5,8-9,16-18H,3-4,6H2;2*2H,1H3/p+1. The summed E-state index contributed by atoms with van der Waals surface area (Å²) in [5, 5.41) is 14.0. The highest BCUT2D eigenvalue weighted by Crippen LogP contribution is 2.46. The van der Waals surface area contributed by atoms with E-state index in [1.54, 1.807) is 0 Å². The maximum Gasteiger partial charge on any atom is 0.567 e. The van der Waals surface area contributed by atoms with Crippen LogP contribution in [0.5, 0.6) is 0 Å². The van der Waals surface area contributed by atoms with Crippen LogP contribution in [0.1, 0.15) is 24.6 Å². The van der Waals surface area contributed by atoms with Crippen molar-refractivity contribution < 1.29 is 34.2 Å². The molecule has 142 valence electrons. The molecular weight excluding hydrogens is 359 g/mol. The fourth-order valence-electron chi connectivity index (χ4n) is 2.00. The first-order chi connectivity index (χ1) is 11.8. The fraction of sp³-hybridized carbons (Fsp3) is 0.538. The second-order valence-electron chi connectivity index (χ2n) is 4.45. The lowest BCUT2D eigenvalue weighted by Gasteiger charge is -2.15. The van der Waals surface area contributed by atoms with Gasteiger partial charge in [-0.2, -0.15) is 19.2 Å². The molecule has 2 heterocycles. The summed E-state index contributed by atoms with van der Waals surface area (Å²) in [7, 11) is -2.31. The molecule has 0 saturated carbocycles. The van der Waals surface area contributed by atoms with Gasteiger partial charge in [0.2, 0.25) is 0 Å². The van der Waals surface area contributed by atoms with E-state index in [-0.39, 0.29) is 12.2 Å². The van der Waals surface area contributed by atoms with E-state index >= 15 is 0 Å². The number of H-pyrrole nitrogens is 1. The van der Waals surface area contributed by atoms with Crippen molar-refractivity contribution in [3.05, 3.63) is 32.6 Å². The molecule has 1 aromatic rings. The van der Waals surface area contributed by atoms with E-state index in [2.05, 4.69) is 15.4 Å². The zero-order valence-corrected chi connectivity index (χ0v) is 14.6. The van der Waals surface area contributed by atoms with E-state index in [4.69, 9.17) is 36.1 Å². The first kappa shape index (κ1) is 23.4. The van der Waals surface area contributed by atoms with E-state index in [0.717, 1.165) is 18.8 Å². The molecule has 2 rings (SSSR count). The van der Waals surface area contributed by atoms with Crippen LogP contribution in [0.25, 0.3) is 0 Å². The quantitative estimate of drug-likeness (QED) is 0.257. The Hall–Kier alpha value is -1.61. The molecule has 0 bridgehead atoms. The highest BCUT2D eigenvalue weighted by atomic mass is 31.2. The number of nitrogens with one attached hydrogen (secondary N) is 1. The minimum absolute atomic E-state index is 0.00363. The Balaban J connectivity index is 0.00000134. The van der Waals surface area contributed by atoms with E-state index in [1.165, 1.54) is 6.20 Å². The van der Waals surface area contributed by atoms with Crippen molar-refractivity contribution in [2.75, 3.05) is 20.8 Å². The van der Waals surface area contributed by atoms with Crippen LogP contribution in [0.15, 0.2) is 15.8 Å². The molecular formula is C13H22N2O9P+. The highest BCUT2D eigenvalue weighted by molar-refractivity contribution is 7.53. The van der Waals surface area contributed by atoms with Gasteiger partial charge in [0.1, 0.15) is 18.4 Å². The van der Waals surface area contributed by atoms with Gasteiger partial charge in [0.15, 0.2) is 0 Å². The first-order valence-electron chi connectivity index (χ1n) is 6.89. The molecule has 0 radical (unpaired) electrons. The van der Waals surface area contributed by atoms with Gasteiger partial charge in [-0.3, -0.25) is 14.3 Å². The van der Waals surface area contributed by atoms with Crippen LogP contribution >= 0.6 is 8.17 Å². The molecule has 0 aliphatic carbocycles. The van der Waals surface area contributed by atoms with Gasteiger partial charge in [-0.15, -0.1) is 6.42 Å². The van der Waals surface area contributed by atoms with Crippen LogP contribution in [-0.4, -0.2) is 61.4 Å². The molecule has 6 N–H and O–H groups in total. The van der Waals surface area contributed by atoms with Gasteiger partial charge in [0.25, 0.3) is 5.56 Å². The normalized spacial score (nSPS) is 19.1. The lowest BCUT2D eigenvalue weighted by molar-refractivity contribution is -0.0271. The third-order valence-corrected chi connectivity index (χ3v) is 3.45. The second-order valence-corrected chi connectivity index (χ2v) is 5.74. The Labute approximate surface area is 143 Å². The van der Waals surface area contributed by atoms with Crippen LogP contribution in [0.3, 0.4) is 0 Å². The summed E-state index contributed by atoms with van der Waals surface area (Å²) in [6.07, 6.45) is 6.14. The molecule has 2 atom stereocenters. The Kier molecular flexibility index (Phi) is 10.4. The largest absolute Gasteiger partial charge is 0.567 e. The van der Waals surface area contributed by atoms with Crippen molar-refractivity contribution in [3.63, 3.8) is 0 Å². The molecule has 1 aliphatic heterocycles. The second kappa shape index (κ2) is 11.1. The Bertz CT molecular complexity index is 674. The van der Waals surface area contributed by atoms with Gasteiger partial charge in [0.05, 0.1) is 6.10 Å². The van der Waals surface area contributed by atoms with Crippen molar-refractivity contribution in [3.8, 4) is 12.3 Å². The summed E-state index contributed by atoms with van der Waals surface area (Å²) in [5.74, 6) is 2.16. The molecule has 1 saturated heterocycles. The Morgan fingerprint density at radius 2 is 1.92 bits per heavy atom. The summed E-state index contributed by atoms with van der Waals surface area (Å²) < 4.78 is 11.1. The van der Waals surface area contributed by atoms with Gasteiger partial charge < -0.3 is 14.9 Å². The Morgan fingerprint density at radius 3 is 2.44 bits per heavy atom. The van der Waals surface area contributed by atoms with Gasteiger partial charge in [0, 0.05) is 20.4 Å². The van der Waals surface area contributed by atoms with E-state index in [9.17, 15) is 9.59 Å². The van der Waals surface area contributed by atoms with Crippen LogP contribution in [-0.2, 0) is 9.26 Å². The van der Waals surface area contributed by atoms with Gasteiger partial charge in [-0.05, 0) is 12.8 Å². The minimum Gasteiger partial charge on any atom is -0.400 e. The predicted octanol–water partition coefficient (Wildman–Crippen LogP) is -1.92. The third kappa shape index (κ3) is 7.43. The molecule has 0 aromatic carbocycles. The van der Waals surface area contributed by atoms with E-state index < -0.39 is 31.8 Å². The van der Waals surface area contributed by atoms with Gasteiger partial charge in [-0.25, -0.2) is 4.79 Å². The monoisotopic (exact) mass is 381 g/mol. The zero-order valence-electron chi connectivity index (χ0n) is 13.7. The minimum atomic E-state index is -4.31. The van der Waals surface area contributed by atoms with Gasteiger partial charge in [-0.1, -0.05) is 5.92 Å². The number of ether oxygens (including phenoxy) is 1. The van der Waals surface area contributed by atoms with Crippen LogP contribution in [0, 0.1) is 12.3 Å². The number of aliphatic hydroxyl groups excluding tert-OH is 2. The number of hydrogen-bond donors (Lipinski definition) is 6. The van der Waals surface area contributed by atoms with Crippen molar-refractivity contribution in [2.24, 2.45) is 0 Å². The van der Waals surface area contributed by atoms with Gasteiger partial charge >= 0.3 is 13.9 Å². The highest BCUT2D eigenvalue weighted by Gasteiger charge is 2.37. The number of terminal acetylenes is 1. The topological polar surface area (TPSA) is 174 Å². The lowest BCUT2D eigenvalue weighted by Crippen LogP contribution is -2.33. The van der Waals surface area contributed by atoms with Crippen molar-refractivity contribution in [1.82, 2.24) is 9.55 Å². The molecule has 25 heavy (non-hydrogen) atoms. The lowest BCUT2D eigenvalue weighted by atomic mass is 10.2. The number of rotatable bonds is 4. The number of aliphatic hydroxyl groups is 2. The summed E-state index contributed by atoms with van der Waals surface area (Å²) in [4.78, 5) is 51.4. The van der Waals surface area contributed by atoms with Crippen LogP contribution in [0.4, 0.5) is 0 Å². The van der Waals surface area contributed by atoms with Crippen LogP contribution in [0.2, 0.25) is 0 Å². The SMILES string of the molecule is C#Cc1cn(C2CCC(CO[P+](O)(O)O)O2)c(=O)[nH]c1=O.CO.CO. The molecule has 11 nitrogen and oxygen atoms in total. The third-order valence-electron chi connectivity index (χ3n) is 2.95. The molecule has 1 aliphatic rings. The van der Waals surface area contributed by atoms with Crippen molar-refractivity contribution in [2.45, 2.75) is 25.2 Å². The smallest absolute Gasteiger partial charge is 0.400 e. The van der Waals surface area contributed by atoms with Crippen LogP contribution < -0.4 is 11.2 Å². The maximum atomic E-state index is 11.7. The average Bonchev–Trinajstić information content (AvgIpc) is 3.05. The Morgan fingerprint density at radius 1 is 1.32 bits per heavy atom. The molecule has 2 unspecified atom stereocenters. The first-order valence-corrected chi connectivity index (χ1v) is 8.45. The number of hydrogen-bond acceptors (Lipinski definition) is 9. The average molecular weight is 381 g/mol. The fourth-order valence-corrected chi connectivity index (χ4v) is 2.37. The van der Waals surface area contributed by atoms with Crippen molar-refractivity contribution in [1.29, 1.82) is 0 Å². The summed E-state index contributed by atoms with van der Waals surface area (Å²) in [5.41, 5.74) is -1.30. The summed E-state index contributed by atoms with van der Waals surface area (Å²) in [6.45, 7) is -0.228. The molecule has 12 heteroatoms. The van der Waals surface area contributed by atoms with Crippen molar-refractivity contribution >= 4 is 8.17 Å². The number of aromatic amines is 1. The summed E-state index contributed by atoms with van der Waals surface area (Å²) >= 11 is 0. The van der Waals surface area contributed by atoms with E-state index in [0.29, 0.717) is 12.8 Å². The maximum absolute atomic E-state index is 11.7. The molecule has 1 fully saturated rings. The number of aromatic nitrogens is 2. The molecule has 0 spiro atoms. The molecule has 0 amide bonds.